The predicted molar refractivity (Wildman–Crippen MR) is 82.7 cm³/mol. The second-order valence-electron chi connectivity index (χ2n) is 4.47. The number of benzene rings is 2. The maximum atomic E-state index is 5.72. The van der Waals surface area contributed by atoms with Crippen molar-refractivity contribution in [1.82, 2.24) is 4.98 Å². The summed E-state index contributed by atoms with van der Waals surface area (Å²) >= 11 is 3.40. The Morgan fingerprint density at radius 2 is 1.95 bits per heavy atom. The van der Waals surface area contributed by atoms with Gasteiger partial charge in [0.15, 0.2) is 11.3 Å². The zero-order valence-corrected chi connectivity index (χ0v) is 12.7. The van der Waals surface area contributed by atoms with Crippen molar-refractivity contribution >= 4 is 38.7 Å². The topological polar surface area (TPSA) is 47.3 Å². The minimum atomic E-state index is 0.450. The molecule has 2 aromatic carbocycles. The van der Waals surface area contributed by atoms with Crippen molar-refractivity contribution in [3.8, 4) is 5.75 Å². The molecule has 102 valence electrons. The van der Waals surface area contributed by atoms with Crippen LogP contribution in [-0.4, -0.2) is 12.1 Å². The van der Waals surface area contributed by atoms with Crippen molar-refractivity contribution in [3.63, 3.8) is 0 Å². The number of nitrogens with zero attached hydrogens (tertiary/aromatic N) is 1. The third-order valence-electron chi connectivity index (χ3n) is 2.92. The largest absolute Gasteiger partial charge is 0.493 e. The molecule has 0 amide bonds. The van der Waals surface area contributed by atoms with Gasteiger partial charge >= 0.3 is 0 Å². The summed E-state index contributed by atoms with van der Waals surface area (Å²) < 4.78 is 12.1. The van der Waals surface area contributed by atoms with Gasteiger partial charge in [0.05, 0.1) is 7.11 Å². The van der Waals surface area contributed by atoms with E-state index in [2.05, 4.69) is 26.2 Å². The number of rotatable bonds is 3. The van der Waals surface area contributed by atoms with Gasteiger partial charge in [-0.15, -0.1) is 0 Å². The molecular formula is C15H13BrN2O2. The highest BCUT2D eigenvalue weighted by Gasteiger charge is 2.11. The number of oxazole rings is 1. The minimum absolute atomic E-state index is 0.450. The molecule has 0 saturated heterocycles. The Kier molecular flexibility index (Phi) is 3.36. The molecule has 4 nitrogen and oxygen atoms in total. The first kappa shape index (κ1) is 13.0. The van der Waals surface area contributed by atoms with E-state index < -0.39 is 0 Å². The van der Waals surface area contributed by atoms with Crippen molar-refractivity contribution in [1.29, 1.82) is 0 Å². The van der Waals surface area contributed by atoms with Crippen LogP contribution < -0.4 is 10.1 Å². The van der Waals surface area contributed by atoms with E-state index in [1.165, 1.54) is 0 Å². The normalized spacial score (nSPS) is 10.8. The highest BCUT2D eigenvalue weighted by atomic mass is 79.9. The minimum Gasteiger partial charge on any atom is -0.493 e. The fourth-order valence-electron chi connectivity index (χ4n) is 2.00. The molecule has 5 heteroatoms. The van der Waals surface area contributed by atoms with E-state index in [-0.39, 0.29) is 0 Å². The Labute approximate surface area is 124 Å². The van der Waals surface area contributed by atoms with Gasteiger partial charge in [0.2, 0.25) is 0 Å². The van der Waals surface area contributed by atoms with Crippen LogP contribution in [0.25, 0.3) is 11.1 Å². The van der Waals surface area contributed by atoms with Gasteiger partial charge in [0, 0.05) is 10.2 Å². The number of nitrogens with one attached hydrogen (secondary N) is 1. The van der Waals surface area contributed by atoms with Crippen LogP contribution in [0.2, 0.25) is 0 Å². The standard InChI is InChI=1S/C15H13BrN2O2/c1-9-7-12-14(13(8-9)19-2)20-15(18-12)17-11-5-3-10(16)4-6-11/h3-8H,1-2H3,(H,17,18). The molecule has 0 saturated carbocycles. The molecule has 20 heavy (non-hydrogen) atoms. The molecule has 0 atom stereocenters. The monoisotopic (exact) mass is 332 g/mol. The molecule has 0 unspecified atom stereocenters. The van der Waals surface area contributed by atoms with E-state index in [0.29, 0.717) is 17.3 Å². The second-order valence-corrected chi connectivity index (χ2v) is 5.38. The Hall–Kier alpha value is -2.01. The number of methoxy groups -OCH3 is 1. The smallest absolute Gasteiger partial charge is 0.300 e. The van der Waals surface area contributed by atoms with Gasteiger partial charge in [-0.25, -0.2) is 0 Å². The highest BCUT2D eigenvalue weighted by molar-refractivity contribution is 9.10. The van der Waals surface area contributed by atoms with Crippen LogP contribution in [0.15, 0.2) is 45.3 Å². The van der Waals surface area contributed by atoms with Crippen LogP contribution in [0.5, 0.6) is 5.75 Å². The van der Waals surface area contributed by atoms with Gasteiger partial charge in [-0.2, -0.15) is 4.98 Å². The number of aromatic nitrogens is 1. The molecule has 0 spiro atoms. The first-order valence-electron chi connectivity index (χ1n) is 6.13. The Balaban J connectivity index is 1.98. The van der Waals surface area contributed by atoms with Gasteiger partial charge in [-0.05, 0) is 48.9 Å². The zero-order chi connectivity index (χ0) is 14.1. The number of hydrogen-bond acceptors (Lipinski definition) is 4. The molecule has 0 aliphatic carbocycles. The summed E-state index contributed by atoms with van der Waals surface area (Å²) in [7, 11) is 1.62. The third-order valence-corrected chi connectivity index (χ3v) is 3.44. The highest BCUT2D eigenvalue weighted by Crippen LogP contribution is 2.31. The number of anilines is 2. The van der Waals surface area contributed by atoms with Crippen LogP contribution in [0.3, 0.4) is 0 Å². The van der Waals surface area contributed by atoms with Crippen molar-refractivity contribution < 1.29 is 9.15 Å². The van der Waals surface area contributed by atoms with E-state index in [0.717, 1.165) is 21.2 Å². The average molecular weight is 333 g/mol. The van der Waals surface area contributed by atoms with E-state index >= 15 is 0 Å². The maximum absolute atomic E-state index is 5.72. The summed E-state index contributed by atoms with van der Waals surface area (Å²) in [5, 5.41) is 3.14. The van der Waals surface area contributed by atoms with E-state index in [1.807, 2.05) is 43.3 Å². The third kappa shape index (κ3) is 2.49. The number of fused-ring (bicyclic) bond motifs is 1. The molecule has 1 aromatic heterocycles. The molecule has 3 rings (SSSR count). The summed E-state index contributed by atoms with van der Waals surface area (Å²) in [4.78, 5) is 4.43. The van der Waals surface area contributed by atoms with Gasteiger partial charge in [-0.1, -0.05) is 15.9 Å². The fourth-order valence-corrected chi connectivity index (χ4v) is 2.26. The fraction of sp³-hybridized carbons (Fsp3) is 0.133. The van der Waals surface area contributed by atoms with Crippen molar-refractivity contribution in [2.24, 2.45) is 0 Å². The Morgan fingerprint density at radius 3 is 2.65 bits per heavy atom. The van der Waals surface area contributed by atoms with Crippen LogP contribution in [0.4, 0.5) is 11.7 Å². The first-order valence-corrected chi connectivity index (χ1v) is 6.93. The van der Waals surface area contributed by atoms with Crippen LogP contribution in [0.1, 0.15) is 5.56 Å². The maximum Gasteiger partial charge on any atom is 0.300 e. The average Bonchev–Trinajstić information content (AvgIpc) is 2.82. The van der Waals surface area contributed by atoms with Gasteiger partial charge in [-0.3, -0.25) is 0 Å². The quantitative estimate of drug-likeness (QED) is 0.758. The second kappa shape index (κ2) is 5.17. The summed E-state index contributed by atoms with van der Waals surface area (Å²) in [5.41, 5.74) is 3.42. The summed E-state index contributed by atoms with van der Waals surface area (Å²) in [5.74, 6) is 0.691. The lowest BCUT2D eigenvalue weighted by atomic mass is 10.2. The predicted octanol–water partition coefficient (Wildman–Crippen LogP) is 4.65. The Bertz CT molecular complexity index is 750. The SMILES string of the molecule is COc1cc(C)cc2nc(Nc3ccc(Br)cc3)oc12. The zero-order valence-electron chi connectivity index (χ0n) is 11.1. The Morgan fingerprint density at radius 1 is 1.20 bits per heavy atom. The molecule has 1 heterocycles. The lowest BCUT2D eigenvalue weighted by Crippen LogP contribution is -1.89. The molecule has 0 fully saturated rings. The molecule has 0 aliphatic heterocycles. The lowest BCUT2D eigenvalue weighted by molar-refractivity contribution is 0.410. The van der Waals surface area contributed by atoms with E-state index in [9.17, 15) is 0 Å². The van der Waals surface area contributed by atoms with Gasteiger partial charge < -0.3 is 14.5 Å². The molecule has 1 N–H and O–H groups in total. The van der Waals surface area contributed by atoms with Gasteiger partial charge in [0.25, 0.3) is 6.01 Å². The van der Waals surface area contributed by atoms with Crippen LogP contribution >= 0.6 is 15.9 Å². The number of aryl methyl sites for hydroxylation is 1. The van der Waals surface area contributed by atoms with Crippen molar-refractivity contribution in [2.75, 3.05) is 12.4 Å². The number of hydrogen-bond donors (Lipinski definition) is 1. The van der Waals surface area contributed by atoms with Gasteiger partial charge in [0.1, 0.15) is 5.52 Å². The summed E-state index contributed by atoms with van der Waals surface area (Å²) in [6.07, 6.45) is 0. The first-order chi connectivity index (χ1) is 9.65. The molecule has 3 aromatic rings. The number of halogens is 1. The lowest BCUT2D eigenvalue weighted by Gasteiger charge is -2.01. The molecule has 0 aliphatic rings. The molecule has 0 radical (unpaired) electrons. The van der Waals surface area contributed by atoms with E-state index in [1.54, 1.807) is 7.11 Å². The number of ether oxygens (including phenoxy) is 1. The van der Waals surface area contributed by atoms with Crippen LogP contribution in [-0.2, 0) is 0 Å². The summed E-state index contributed by atoms with van der Waals surface area (Å²) in [6, 6.07) is 12.1. The summed E-state index contributed by atoms with van der Waals surface area (Å²) in [6.45, 7) is 2.00. The molecular weight excluding hydrogens is 320 g/mol. The van der Waals surface area contributed by atoms with Crippen molar-refractivity contribution in [2.45, 2.75) is 6.92 Å². The van der Waals surface area contributed by atoms with E-state index in [4.69, 9.17) is 9.15 Å². The molecule has 0 bridgehead atoms. The van der Waals surface area contributed by atoms with Crippen LogP contribution in [0, 0.1) is 6.92 Å². The van der Waals surface area contributed by atoms with Crippen molar-refractivity contribution in [3.05, 3.63) is 46.4 Å².